The lowest BCUT2D eigenvalue weighted by Gasteiger charge is -2.25. The van der Waals surface area contributed by atoms with Gasteiger partial charge in [-0.25, -0.2) is 0 Å². The molecule has 2 heteroatoms. The second-order valence-corrected chi connectivity index (χ2v) is 14.2. The zero-order valence-corrected chi connectivity index (χ0v) is 28.6. The Balaban J connectivity index is 1.38. The zero-order valence-electron chi connectivity index (χ0n) is 27.8. The van der Waals surface area contributed by atoms with Crippen LogP contribution in [-0.4, -0.2) is 0 Å². The Morgan fingerprint density at radius 2 is 0.905 bits per heavy atom. The summed E-state index contributed by atoms with van der Waals surface area (Å²) < 4.78 is 0. The second kappa shape index (κ2) is 23.0. The van der Waals surface area contributed by atoms with Gasteiger partial charge < -0.3 is 5.32 Å². The van der Waals surface area contributed by atoms with Crippen LogP contribution in [0.15, 0.2) is 46.2 Å². The predicted octanol–water partition coefficient (Wildman–Crippen LogP) is 14.4. The third kappa shape index (κ3) is 13.9. The Bertz CT molecular complexity index is 951. The van der Waals surface area contributed by atoms with Crippen molar-refractivity contribution in [3.63, 3.8) is 0 Å². The van der Waals surface area contributed by atoms with Gasteiger partial charge in [-0.15, -0.1) is 0 Å². The Morgan fingerprint density at radius 1 is 0.452 bits per heavy atom. The number of hydrogen-bond donors (Lipinski definition) is 1. The number of unbranched alkanes of at least 4 members (excludes halogenated alkanes) is 22. The molecule has 0 spiro atoms. The van der Waals surface area contributed by atoms with E-state index in [0.29, 0.717) is 0 Å². The topological polar surface area (TPSA) is 12.0 Å². The summed E-state index contributed by atoms with van der Waals surface area (Å²) in [6.07, 6.45) is 36.5. The number of hydrogen-bond acceptors (Lipinski definition) is 2. The molecule has 0 unspecified atom stereocenters. The van der Waals surface area contributed by atoms with E-state index < -0.39 is 0 Å². The maximum absolute atomic E-state index is 3.87. The molecule has 3 rings (SSSR count). The van der Waals surface area contributed by atoms with Crippen molar-refractivity contribution in [2.24, 2.45) is 0 Å². The van der Waals surface area contributed by atoms with Gasteiger partial charge in [-0.3, -0.25) is 0 Å². The fourth-order valence-corrected chi connectivity index (χ4v) is 7.65. The predicted molar refractivity (Wildman–Crippen MR) is 190 cm³/mol. The fraction of sp³-hybridized carbons (Fsp3) is 0.700. The van der Waals surface area contributed by atoms with Crippen molar-refractivity contribution in [2.45, 2.75) is 191 Å². The summed E-state index contributed by atoms with van der Waals surface area (Å²) in [7, 11) is 0. The van der Waals surface area contributed by atoms with Crippen molar-refractivity contribution < 1.29 is 0 Å². The van der Waals surface area contributed by atoms with Crippen molar-refractivity contribution in [3.05, 3.63) is 47.5 Å². The van der Waals surface area contributed by atoms with Gasteiger partial charge >= 0.3 is 0 Å². The molecule has 0 amide bonds. The minimum atomic E-state index is 1.23. The van der Waals surface area contributed by atoms with E-state index in [2.05, 4.69) is 55.6 Å². The highest BCUT2D eigenvalue weighted by Gasteiger charge is 2.20. The summed E-state index contributed by atoms with van der Waals surface area (Å²) in [6, 6.07) is 13.7. The highest BCUT2D eigenvalue weighted by atomic mass is 32.2. The van der Waals surface area contributed by atoms with E-state index in [4.69, 9.17) is 0 Å². The molecule has 1 nitrogen and oxygen atoms in total. The van der Waals surface area contributed by atoms with E-state index in [1.807, 2.05) is 11.8 Å². The lowest BCUT2D eigenvalue weighted by Crippen LogP contribution is -2.07. The lowest BCUT2D eigenvalue weighted by atomic mass is 9.94. The first-order valence-electron chi connectivity index (χ1n) is 18.5. The van der Waals surface area contributed by atoms with Crippen molar-refractivity contribution in [3.8, 4) is 0 Å². The normalized spacial score (nSPS) is 12.2. The molecule has 1 N–H and O–H groups in total. The number of para-hydroxylation sites is 1. The number of rotatable bonds is 26. The van der Waals surface area contributed by atoms with Crippen LogP contribution < -0.4 is 5.32 Å². The Kier molecular flexibility index (Phi) is 19.2. The van der Waals surface area contributed by atoms with E-state index in [9.17, 15) is 0 Å². The molecule has 0 atom stereocenters. The molecular formula is C40H65NS. The van der Waals surface area contributed by atoms with Gasteiger partial charge in [0.1, 0.15) is 0 Å². The molecule has 0 saturated heterocycles. The Labute approximate surface area is 265 Å². The van der Waals surface area contributed by atoms with Gasteiger partial charge in [-0.2, -0.15) is 0 Å². The largest absolute Gasteiger partial charge is 0.353 e. The van der Waals surface area contributed by atoms with E-state index in [1.54, 1.807) is 11.1 Å². The van der Waals surface area contributed by atoms with Crippen LogP contribution in [0.5, 0.6) is 0 Å². The van der Waals surface area contributed by atoms with E-state index in [1.165, 1.54) is 188 Å². The average Bonchev–Trinajstić information content (AvgIpc) is 3.01. The number of benzene rings is 2. The van der Waals surface area contributed by atoms with Gasteiger partial charge in [0.2, 0.25) is 0 Å². The smallest absolute Gasteiger partial charge is 0.0561 e. The molecule has 236 valence electrons. The monoisotopic (exact) mass is 591 g/mol. The Hall–Kier alpha value is -1.41. The molecule has 0 bridgehead atoms. The highest BCUT2D eigenvalue weighted by molar-refractivity contribution is 7.99. The van der Waals surface area contributed by atoms with E-state index in [0.717, 1.165) is 0 Å². The third-order valence-corrected chi connectivity index (χ3v) is 10.5. The molecule has 1 heterocycles. The first-order chi connectivity index (χ1) is 20.8. The van der Waals surface area contributed by atoms with Crippen LogP contribution in [0.4, 0.5) is 11.4 Å². The van der Waals surface area contributed by atoms with Gasteiger partial charge in [0.25, 0.3) is 0 Å². The summed E-state index contributed by atoms with van der Waals surface area (Å²) >= 11 is 1.95. The van der Waals surface area contributed by atoms with Crippen molar-refractivity contribution in [1.29, 1.82) is 0 Å². The fourth-order valence-electron chi connectivity index (χ4n) is 6.62. The summed E-state index contributed by atoms with van der Waals surface area (Å²) in [4.78, 5) is 2.77. The van der Waals surface area contributed by atoms with Crippen LogP contribution in [0.1, 0.15) is 179 Å². The number of fused-ring (bicyclic) bond motifs is 2. The molecule has 0 aliphatic carbocycles. The number of aryl methyl sites for hydroxylation is 1. The van der Waals surface area contributed by atoms with Gasteiger partial charge in [0, 0.05) is 9.79 Å². The molecule has 42 heavy (non-hydrogen) atoms. The van der Waals surface area contributed by atoms with E-state index >= 15 is 0 Å². The van der Waals surface area contributed by atoms with Crippen LogP contribution >= 0.6 is 11.8 Å². The molecule has 0 radical (unpaired) electrons. The molecule has 0 fully saturated rings. The van der Waals surface area contributed by atoms with Gasteiger partial charge in [0.15, 0.2) is 0 Å². The van der Waals surface area contributed by atoms with Crippen LogP contribution in [-0.2, 0) is 12.8 Å². The van der Waals surface area contributed by atoms with Gasteiger partial charge in [0.05, 0.1) is 11.4 Å². The van der Waals surface area contributed by atoms with Crippen LogP contribution in [0.2, 0.25) is 0 Å². The average molecular weight is 592 g/mol. The standard InChI is InChI=1S/C40H65NS/c1-3-5-7-9-11-13-15-17-19-21-23-25-29-35-33-34-39-40(41-37-31-27-28-32-38(37)42-39)36(35)30-26-24-22-20-18-16-14-12-10-8-6-4-2/h27-28,31-34,41H,3-26,29-30H2,1-2H3. The zero-order chi connectivity index (χ0) is 29.5. The minimum absolute atomic E-state index is 1.23. The second-order valence-electron chi connectivity index (χ2n) is 13.1. The van der Waals surface area contributed by atoms with Crippen molar-refractivity contribution in [2.75, 3.05) is 5.32 Å². The summed E-state index contributed by atoms with van der Waals surface area (Å²) in [5, 5.41) is 3.87. The summed E-state index contributed by atoms with van der Waals surface area (Å²) in [6.45, 7) is 4.61. The van der Waals surface area contributed by atoms with Gasteiger partial charge in [-0.05, 0) is 55.0 Å². The molecule has 0 aromatic heterocycles. The quantitative estimate of drug-likeness (QED) is 0.0932. The molecule has 1 aliphatic heterocycles. The third-order valence-electron chi connectivity index (χ3n) is 9.32. The van der Waals surface area contributed by atoms with E-state index in [-0.39, 0.29) is 0 Å². The van der Waals surface area contributed by atoms with Crippen molar-refractivity contribution in [1.82, 2.24) is 0 Å². The highest BCUT2D eigenvalue weighted by Crippen LogP contribution is 2.46. The van der Waals surface area contributed by atoms with Gasteiger partial charge in [-0.1, -0.05) is 185 Å². The molecular weight excluding hydrogens is 527 g/mol. The van der Waals surface area contributed by atoms with Crippen LogP contribution in [0.3, 0.4) is 0 Å². The molecule has 2 aromatic rings. The van der Waals surface area contributed by atoms with Crippen LogP contribution in [0.25, 0.3) is 0 Å². The number of anilines is 2. The number of nitrogens with one attached hydrogen (secondary N) is 1. The molecule has 0 saturated carbocycles. The summed E-state index contributed by atoms with van der Waals surface area (Å²) in [5.41, 5.74) is 5.92. The minimum Gasteiger partial charge on any atom is -0.353 e. The lowest BCUT2D eigenvalue weighted by molar-refractivity contribution is 0.542. The SMILES string of the molecule is CCCCCCCCCCCCCCc1ccc2c(c1CCCCCCCCCCCCCC)Nc1ccccc1S2. The molecule has 1 aliphatic rings. The maximum Gasteiger partial charge on any atom is 0.0561 e. The van der Waals surface area contributed by atoms with Crippen molar-refractivity contribution >= 4 is 23.1 Å². The first kappa shape index (κ1) is 35.1. The summed E-state index contributed by atoms with van der Waals surface area (Å²) in [5.74, 6) is 0. The first-order valence-corrected chi connectivity index (χ1v) is 19.3. The van der Waals surface area contributed by atoms with Crippen LogP contribution in [0, 0.1) is 0 Å². The molecule has 2 aromatic carbocycles. The Morgan fingerprint density at radius 3 is 1.43 bits per heavy atom. The maximum atomic E-state index is 3.87.